The van der Waals surface area contributed by atoms with Crippen molar-refractivity contribution in [1.29, 1.82) is 0 Å². The van der Waals surface area contributed by atoms with Gasteiger partial charge in [0.1, 0.15) is 0 Å². The van der Waals surface area contributed by atoms with Crippen molar-refractivity contribution in [3.63, 3.8) is 0 Å². The second-order valence-corrected chi connectivity index (χ2v) is 1.91. The maximum absolute atomic E-state index is 4.94. The van der Waals surface area contributed by atoms with Crippen molar-refractivity contribution in [1.82, 2.24) is 0 Å². The predicted octanol–water partition coefficient (Wildman–Crippen LogP) is 2.83. The molecule has 0 saturated carbocycles. The van der Waals surface area contributed by atoms with Crippen LogP contribution < -0.4 is 4.74 Å². The van der Waals surface area contributed by atoms with Crippen LogP contribution in [0.4, 0.5) is 0 Å². The van der Waals surface area contributed by atoms with E-state index in [9.17, 15) is 0 Å². The molecule has 0 bridgehead atoms. The molecule has 1 radical (unpaired) electrons. The molecular weight excluding hydrogens is 225 g/mol. The largest absolute Gasteiger partial charge is 0.554 e. The minimum atomic E-state index is 0. The van der Waals surface area contributed by atoms with Gasteiger partial charge in [-0.05, 0) is 0 Å². The van der Waals surface area contributed by atoms with Crippen molar-refractivity contribution in [2.75, 3.05) is 7.11 Å². The van der Waals surface area contributed by atoms with Crippen LogP contribution in [0.3, 0.4) is 0 Å². The Morgan fingerprint density at radius 1 is 1.25 bits per heavy atom. The third kappa shape index (κ3) is 5.73. The second kappa shape index (κ2) is 9.21. The number of benzene rings is 1. The molecule has 1 aromatic rings. The maximum atomic E-state index is 4.94. The van der Waals surface area contributed by atoms with Gasteiger partial charge in [0.25, 0.3) is 0 Å². The zero-order chi connectivity index (χ0) is 8.69. The molecule has 2 heteroatoms. The summed E-state index contributed by atoms with van der Waals surface area (Å²) in [5.74, 6) is 0.862. The van der Waals surface area contributed by atoms with Crippen molar-refractivity contribution >= 4 is 0 Å². The molecule has 0 saturated heterocycles. The van der Waals surface area contributed by atoms with Crippen LogP contribution in [0, 0.1) is 13.0 Å². The van der Waals surface area contributed by atoms with Crippen LogP contribution in [0.2, 0.25) is 0 Å². The van der Waals surface area contributed by atoms with Crippen molar-refractivity contribution in [2.45, 2.75) is 20.8 Å². The van der Waals surface area contributed by atoms with E-state index in [0.29, 0.717) is 0 Å². The number of aryl methyl sites for hydroxylation is 1. The Labute approximate surface area is 100 Å². The molecule has 0 atom stereocenters. The topological polar surface area (TPSA) is 9.23 Å². The molecule has 0 amide bonds. The molecule has 0 unspecified atom stereocenters. The predicted molar refractivity (Wildman–Crippen MR) is 47.9 cm³/mol. The first-order valence-corrected chi connectivity index (χ1v) is 3.85. The van der Waals surface area contributed by atoms with E-state index in [-0.39, 0.29) is 32.7 Å². The van der Waals surface area contributed by atoms with Crippen LogP contribution in [0.1, 0.15) is 19.4 Å². The molecule has 1 aromatic carbocycles. The summed E-state index contributed by atoms with van der Waals surface area (Å²) < 4.78 is 4.94. The summed E-state index contributed by atoms with van der Waals surface area (Å²) in [6.45, 7) is 6.00. The van der Waals surface area contributed by atoms with Gasteiger partial charge >= 0.3 is 0 Å². The molecule has 0 aromatic heterocycles. The van der Waals surface area contributed by atoms with Gasteiger partial charge in [-0.15, -0.1) is 12.1 Å². The summed E-state index contributed by atoms with van der Waals surface area (Å²) in [5, 5.41) is 0. The number of rotatable bonds is 1. The molecule has 12 heavy (non-hydrogen) atoms. The van der Waals surface area contributed by atoms with Crippen molar-refractivity contribution < 1.29 is 37.4 Å². The Kier molecular flexibility index (Phi) is 11.2. The molecule has 1 nitrogen and oxygen atoms in total. The zero-order valence-corrected chi connectivity index (χ0v) is 11.1. The Balaban J connectivity index is 0. The third-order valence-electron chi connectivity index (χ3n) is 1.18. The minimum Gasteiger partial charge on any atom is -0.554 e. The van der Waals surface area contributed by atoms with Gasteiger partial charge in [0, 0.05) is 38.5 Å². The van der Waals surface area contributed by atoms with Gasteiger partial charge in [-0.1, -0.05) is 20.8 Å². The fourth-order valence-corrected chi connectivity index (χ4v) is 0.615. The third-order valence-corrected chi connectivity index (χ3v) is 1.18. The van der Waals surface area contributed by atoms with Gasteiger partial charge in [0.05, 0.1) is 7.11 Å². The molecule has 0 heterocycles. The molecule has 0 spiro atoms. The molecule has 0 aliphatic carbocycles. The van der Waals surface area contributed by atoms with E-state index in [0.717, 1.165) is 11.3 Å². The summed E-state index contributed by atoms with van der Waals surface area (Å²) in [6.07, 6.45) is 0. The number of hydrogen-bond acceptors (Lipinski definition) is 1. The van der Waals surface area contributed by atoms with Crippen molar-refractivity contribution in [3.05, 3.63) is 29.8 Å². The first-order chi connectivity index (χ1) is 5.33. The van der Waals surface area contributed by atoms with E-state index in [1.54, 1.807) is 7.11 Å². The standard InChI is InChI=1S/C8H9O.C2H6.Y/c1-7-3-5-8(9-2)6-4-7;1-2;/h3,5-6H,1-2H3;1-2H3;/q-1;;. The Morgan fingerprint density at radius 2 is 1.83 bits per heavy atom. The van der Waals surface area contributed by atoms with E-state index < -0.39 is 0 Å². The Bertz CT molecular complexity index is 182. The van der Waals surface area contributed by atoms with E-state index in [1.807, 2.05) is 39.0 Å². The second-order valence-electron chi connectivity index (χ2n) is 1.91. The molecule has 0 aliphatic rings. The van der Waals surface area contributed by atoms with E-state index >= 15 is 0 Å². The first kappa shape index (κ1) is 14.6. The first-order valence-electron chi connectivity index (χ1n) is 3.85. The van der Waals surface area contributed by atoms with Gasteiger partial charge < -0.3 is 4.74 Å². The zero-order valence-electron chi connectivity index (χ0n) is 8.22. The van der Waals surface area contributed by atoms with E-state index in [1.165, 1.54) is 0 Å². The quantitative estimate of drug-likeness (QED) is 0.686. The fourth-order valence-electron chi connectivity index (χ4n) is 0.615. The van der Waals surface area contributed by atoms with Crippen LogP contribution in [0.15, 0.2) is 18.2 Å². The summed E-state index contributed by atoms with van der Waals surface area (Å²) in [7, 11) is 1.65. The molecule has 65 valence electrons. The SMILES string of the molecule is CC.COc1c[c-]c(C)cc1.[Y]. The van der Waals surface area contributed by atoms with Crippen LogP contribution in [-0.4, -0.2) is 7.11 Å². The number of ether oxygens (including phenoxy) is 1. The van der Waals surface area contributed by atoms with Gasteiger partial charge in [0.2, 0.25) is 0 Å². The summed E-state index contributed by atoms with van der Waals surface area (Å²) in [4.78, 5) is 0. The smallest absolute Gasteiger partial charge is 0.0606 e. The summed E-state index contributed by atoms with van der Waals surface area (Å²) >= 11 is 0. The van der Waals surface area contributed by atoms with Gasteiger partial charge in [-0.25, -0.2) is 0 Å². The number of methoxy groups -OCH3 is 1. The van der Waals surface area contributed by atoms with Crippen LogP contribution in [0.25, 0.3) is 0 Å². The molecule has 0 N–H and O–H groups in total. The van der Waals surface area contributed by atoms with Gasteiger partial charge in [0.15, 0.2) is 0 Å². The maximum Gasteiger partial charge on any atom is 0.0606 e. The van der Waals surface area contributed by atoms with E-state index in [2.05, 4.69) is 6.07 Å². The van der Waals surface area contributed by atoms with Crippen LogP contribution >= 0.6 is 0 Å². The molecule has 1 rings (SSSR count). The Morgan fingerprint density at radius 3 is 2.17 bits per heavy atom. The average molecular weight is 240 g/mol. The molecule has 0 aliphatic heterocycles. The van der Waals surface area contributed by atoms with Crippen LogP contribution in [-0.2, 0) is 32.7 Å². The summed E-state index contributed by atoms with van der Waals surface area (Å²) in [6, 6.07) is 8.75. The van der Waals surface area contributed by atoms with Gasteiger partial charge in [-0.2, -0.15) is 17.7 Å². The van der Waals surface area contributed by atoms with Gasteiger partial charge in [-0.3, -0.25) is 0 Å². The van der Waals surface area contributed by atoms with Crippen molar-refractivity contribution in [3.8, 4) is 5.75 Å². The average Bonchev–Trinajstić information content (AvgIpc) is 2.10. The Hall–Kier alpha value is 0.124. The van der Waals surface area contributed by atoms with E-state index in [4.69, 9.17) is 4.74 Å². The van der Waals surface area contributed by atoms with Crippen LogP contribution in [0.5, 0.6) is 5.75 Å². The fraction of sp³-hybridized carbons (Fsp3) is 0.400. The molecule has 0 fully saturated rings. The molecular formula is C10H15OY-. The van der Waals surface area contributed by atoms with Crippen molar-refractivity contribution in [2.24, 2.45) is 0 Å². The normalized spacial score (nSPS) is 7.33. The summed E-state index contributed by atoms with van der Waals surface area (Å²) in [5.41, 5.74) is 1.14. The minimum absolute atomic E-state index is 0. The monoisotopic (exact) mass is 240 g/mol. The number of hydrogen-bond donors (Lipinski definition) is 0.